The number of hydrazone groups is 1. The molecular formula is C14H14N2O2S. The molecule has 0 radical (unpaired) electrons. The van der Waals surface area contributed by atoms with Gasteiger partial charge in [0.15, 0.2) is 9.84 Å². The summed E-state index contributed by atoms with van der Waals surface area (Å²) in [6, 6.07) is 17.7. The van der Waals surface area contributed by atoms with Gasteiger partial charge in [0.2, 0.25) is 0 Å². The monoisotopic (exact) mass is 274 g/mol. The predicted molar refractivity (Wildman–Crippen MR) is 77.1 cm³/mol. The Labute approximate surface area is 112 Å². The number of nitrogens with one attached hydrogen (secondary N) is 1. The molecular weight excluding hydrogens is 260 g/mol. The SMILES string of the molecule is O=S(=O)(CC=NNc1ccccc1)c1ccccc1. The lowest BCUT2D eigenvalue weighted by molar-refractivity contribution is 0.600. The van der Waals surface area contributed by atoms with Crippen LogP contribution in [-0.2, 0) is 9.84 Å². The van der Waals surface area contributed by atoms with Crippen LogP contribution in [0, 0.1) is 0 Å². The van der Waals surface area contributed by atoms with Crippen molar-refractivity contribution < 1.29 is 8.42 Å². The maximum atomic E-state index is 11.9. The second kappa shape index (κ2) is 6.15. The van der Waals surface area contributed by atoms with Crippen LogP contribution in [0.4, 0.5) is 5.69 Å². The maximum absolute atomic E-state index is 11.9. The third-order valence-corrected chi connectivity index (χ3v) is 4.03. The van der Waals surface area contributed by atoms with Crippen molar-refractivity contribution in [2.24, 2.45) is 5.10 Å². The average Bonchev–Trinajstić information content (AvgIpc) is 2.46. The first-order chi connectivity index (χ1) is 9.18. The van der Waals surface area contributed by atoms with Crippen molar-refractivity contribution in [3.05, 3.63) is 60.7 Å². The molecule has 0 aliphatic rings. The fraction of sp³-hybridized carbons (Fsp3) is 0.0714. The second-order valence-electron chi connectivity index (χ2n) is 3.88. The molecule has 1 N–H and O–H groups in total. The quantitative estimate of drug-likeness (QED) is 0.673. The minimum atomic E-state index is -3.30. The van der Waals surface area contributed by atoms with Crippen molar-refractivity contribution in [2.75, 3.05) is 11.2 Å². The van der Waals surface area contributed by atoms with E-state index in [1.807, 2.05) is 30.3 Å². The molecule has 5 heteroatoms. The number of anilines is 1. The molecule has 19 heavy (non-hydrogen) atoms. The zero-order valence-electron chi connectivity index (χ0n) is 10.2. The third-order valence-electron chi connectivity index (χ3n) is 2.45. The molecule has 0 saturated heterocycles. The molecule has 0 heterocycles. The third kappa shape index (κ3) is 3.93. The van der Waals surface area contributed by atoms with E-state index in [4.69, 9.17) is 0 Å². The van der Waals surface area contributed by atoms with Crippen LogP contribution in [0.1, 0.15) is 0 Å². The number of hydrogen-bond donors (Lipinski definition) is 1. The Bertz CT molecular complexity index is 638. The van der Waals surface area contributed by atoms with Gasteiger partial charge in [0.05, 0.1) is 16.3 Å². The largest absolute Gasteiger partial charge is 0.279 e. The normalized spacial score (nSPS) is 11.6. The highest BCUT2D eigenvalue weighted by molar-refractivity contribution is 7.92. The van der Waals surface area contributed by atoms with Gasteiger partial charge in [-0.2, -0.15) is 5.10 Å². The van der Waals surface area contributed by atoms with Gasteiger partial charge < -0.3 is 0 Å². The molecule has 2 aromatic carbocycles. The van der Waals surface area contributed by atoms with Gasteiger partial charge in [-0.15, -0.1) is 0 Å². The zero-order chi connectivity index (χ0) is 13.6. The Balaban J connectivity index is 1.95. The average molecular weight is 274 g/mol. The van der Waals surface area contributed by atoms with Crippen LogP contribution in [0.3, 0.4) is 0 Å². The molecule has 0 aliphatic heterocycles. The fourth-order valence-corrected chi connectivity index (χ4v) is 2.53. The van der Waals surface area contributed by atoms with Crippen LogP contribution in [-0.4, -0.2) is 20.4 Å². The Morgan fingerprint density at radius 2 is 1.53 bits per heavy atom. The van der Waals surface area contributed by atoms with Gasteiger partial charge >= 0.3 is 0 Å². The summed E-state index contributed by atoms with van der Waals surface area (Å²) in [7, 11) is -3.30. The summed E-state index contributed by atoms with van der Waals surface area (Å²) in [5.74, 6) is -0.128. The minimum Gasteiger partial charge on any atom is -0.279 e. The molecule has 4 nitrogen and oxygen atoms in total. The van der Waals surface area contributed by atoms with Crippen LogP contribution in [0.2, 0.25) is 0 Å². The van der Waals surface area contributed by atoms with Gasteiger partial charge in [0.25, 0.3) is 0 Å². The lowest BCUT2D eigenvalue weighted by atomic mass is 10.3. The Kier molecular flexibility index (Phi) is 4.30. The molecule has 0 unspecified atom stereocenters. The molecule has 0 fully saturated rings. The van der Waals surface area contributed by atoms with E-state index < -0.39 is 9.84 Å². The van der Waals surface area contributed by atoms with E-state index in [1.54, 1.807) is 30.3 Å². The number of para-hydroxylation sites is 1. The van der Waals surface area contributed by atoms with Crippen LogP contribution in [0.5, 0.6) is 0 Å². The summed E-state index contributed by atoms with van der Waals surface area (Å²) in [5, 5.41) is 3.90. The van der Waals surface area contributed by atoms with Crippen molar-refractivity contribution in [3.8, 4) is 0 Å². The smallest absolute Gasteiger partial charge is 0.183 e. The van der Waals surface area contributed by atoms with Gasteiger partial charge in [-0.05, 0) is 24.3 Å². The number of rotatable bonds is 5. The topological polar surface area (TPSA) is 58.5 Å². The number of benzene rings is 2. The van der Waals surface area contributed by atoms with Crippen molar-refractivity contribution in [1.82, 2.24) is 0 Å². The van der Waals surface area contributed by atoms with E-state index >= 15 is 0 Å². The Morgan fingerprint density at radius 1 is 0.947 bits per heavy atom. The van der Waals surface area contributed by atoms with E-state index in [-0.39, 0.29) is 5.75 Å². The number of hydrogen-bond acceptors (Lipinski definition) is 4. The summed E-state index contributed by atoms with van der Waals surface area (Å²) in [6.45, 7) is 0. The van der Waals surface area contributed by atoms with Gasteiger partial charge in [-0.25, -0.2) is 8.42 Å². The summed E-state index contributed by atoms with van der Waals surface area (Å²) >= 11 is 0. The maximum Gasteiger partial charge on any atom is 0.183 e. The van der Waals surface area contributed by atoms with E-state index in [0.717, 1.165) is 5.69 Å². The fourth-order valence-electron chi connectivity index (χ4n) is 1.49. The first kappa shape index (κ1) is 13.3. The van der Waals surface area contributed by atoms with Crippen molar-refractivity contribution in [1.29, 1.82) is 0 Å². The van der Waals surface area contributed by atoms with Crippen LogP contribution < -0.4 is 5.43 Å². The minimum absolute atomic E-state index is 0.128. The molecule has 0 aliphatic carbocycles. The zero-order valence-corrected chi connectivity index (χ0v) is 11.0. The Hall–Kier alpha value is -2.14. The summed E-state index contributed by atoms with van der Waals surface area (Å²) in [6.07, 6.45) is 1.36. The van der Waals surface area contributed by atoms with Gasteiger partial charge in [-0.1, -0.05) is 36.4 Å². The van der Waals surface area contributed by atoms with Crippen LogP contribution in [0.15, 0.2) is 70.7 Å². The molecule has 98 valence electrons. The van der Waals surface area contributed by atoms with Crippen molar-refractivity contribution >= 4 is 21.7 Å². The van der Waals surface area contributed by atoms with Gasteiger partial charge in [-0.3, -0.25) is 5.43 Å². The molecule has 0 amide bonds. The van der Waals surface area contributed by atoms with Crippen molar-refractivity contribution in [3.63, 3.8) is 0 Å². The predicted octanol–water partition coefficient (Wildman–Crippen LogP) is 2.56. The molecule has 2 rings (SSSR count). The van der Waals surface area contributed by atoms with Crippen LogP contribution in [0.25, 0.3) is 0 Å². The molecule has 0 spiro atoms. The molecule has 0 bridgehead atoms. The van der Waals surface area contributed by atoms with E-state index in [9.17, 15) is 8.42 Å². The van der Waals surface area contributed by atoms with E-state index in [1.165, 1.54) is 6.21 Å². The highest BCUT2D eigenvalue weighted by Gasteiger charge is 2.11. The Morgan fingerprint density at radius 3 is 2.16 bits per heavy atom. The molecule has 0 aromatic heterocycles. The lowest BCUT2D eigenvalue weighted by Crippen LogP contribution is -2.08. The summed E-state index contributed by atoms with van der Waals surface area (Å²) < 4.78 is 23.8. The highest BCUT2D eigenvalue weighted by atomic mass is 32.2. The van der Waals surface area contributed by atoms with Gasteiger partial charge in [0.1, 0.15) is 0 Å². The van der Waals surface area contributed by atoms with Crippen molar-refractivity contribution in [2.45, 2.75) is 4.90 Å². The highest BCUT2D eigenvalue weighted by Crippen LogP contribution is 2.09. The number of nitrogens with zero attached hydrogens (tertiary/aromatic N) is 1. The molecule has 0 atom stereocenters. The van der Waals surface area contributed by atoms with Crippen LogP contribution >= 0.6 is 0 Å². The summed E-state index contributed by atoms with van der Waals surface area (Å²) in [5.41, 5.74) is 3.59. The van der Waals surface area contributed by atoms with Gasteiger partial charge in [0, 0.05) is 6.21 Å². The first-order valence-corrected chi connectivity index (χ1v) is 7.44. The molecule has 2 aromatic rings. The molecule has 0 saturated carbocycles. The standard InChI is InChI=1S/C14H14N2O2S/c17-19(18,14-9-5-2-6-10-14)12-11-15-16-13-7-3-1-4-8-13/h1-11,16H,12H2. The number of sulfone groups is 1. The van der Waals surface area contributed by atoms with E-state index in [0.29, 0.717) is 4.90 Å². The second-order valence-corrected chi connectivity index (χ2v) is 5.92. The first-order valence-electron chi connectivity index (χ1n) is 5.79. The summed E-state index contributed by atoms with van der Waals surface area (Å²) in [4.78, 5) is 0.307. The van der Waals surface area contributed by atoms with E-state index in [2.05, 4.69) is 10.5 Å². The lowest BCUT2D eigenvalue weighted by Gasteiger charge is -2.01.